The van der Waals surface area contributed by atoms with E-state index in [2.05, 4.69) is 9.71 Å². The molecule has 0 unspecified atom stereocenters. The van der Waals surface area contributed by atoms with Gasteiger partial charge in [0.05, 0.1) is 0 Å². The van der Waals surface area contributed by atoms with Gasteiger partial charge in [-0.2, -0.15) is 0 Å². The molecule has 1 heterocycles. The van der Waals surface area contributed by atoms with Crippen molar-refractivity contribution in [2.24, 2.45) is 5.41 Å². The molecule has 1 aliphatic carbocycles. The Balaban J connectivity index is 2.08. The number of aromatic nitrogens is 1. The largest absolute Gasteiger partial charge is 0.396 e. The summed E-state index contributed by atoms with van der Waals surface area (Å²) in [5.41, 5.74) is -0.346. The molecule has 0 saturated heterocycles. The third kappa shape index (κ3) is 3.06. The van der Waals surface area contributed by atoms with Crippen LogP contribution in [0.1, 0.15) is 12.8 Å². The predicted molar refractivity (Wildman–Crippen MR) is 64.8 cm³/mol. The molecule has 1 aromatic heterocycles. The van der Waals surface area contributed by atoms with E-state index in [1.165, 1.54) is 0 Å². The maximum atomic E-state index is 11.9. The first-order valence-electron chi connectivity index (χ1n) is 5.60. The Morgan fingerprint density at radius 3 is 2.58 bits per heavy atom. The molecule has 1 aliphatic rings. The van der Waals surface area contributed by atoms with Crippen molar-refractivity contribution in [2.75, 3.05) is 13.2 Å². The molecule has 0 aromatic carbocycles. The molecule has 0 amide bonds. The predicted octanol–water partition coefficient (Wildman–Crippen LogP) is 0.0406. The highest BCUT2D eigenvalue weighted by atomic mass is 32.2. The van der Waals surface area contributed by atoms with E-state index in [1.807, 2.05) is 0 Å². The summed E-state index contributed by atoms with van der Waals surface area (Å²) in [6.07, 6.45) is 2.51. The van der Waals surface area contributed by atoms with Crippen LogP contribution in [0, 0.1) is 15.5 Å². The van der Waals surface area contributed by atoms with Gasteiger partial charge >= 0.3 is 5.82 Å². The van der Waals surface area contributed by atoms with E-state index in [0.717, 1.165) is 31.2 Å². The van der Waals surface area contributed by atoms with E-state index in [-0.39, 0.29) is 23.5 Å². The van der Waals surface area contributed by atoms with Crippen LogP contribution >= 0.6 is 0 Å². The monoisotopic (exact) mass is 287 g/mol. The molecule has 0 radical (unpaired) electrons. The van der Waals surface area contributed by atoms with E-state index >= 15 is 0 Å². The molecule has 2 N–H and O–H groups in total. The summed E-state index contributed by atoms with van der Waals surface area (Å²) < 4.78 is 26.2. The SMILES string of the molecule is O=[N+]([O-])c1ccc(S(=O)(=O)NCC2(CO)CC2)cn1. The van der Waals surface area contributed by atoms with E-state index in [9.17, 15) is 18.5 Å². The van der Waals surface area contributed by atoms with Crippen LogP contribution in [0.2, 0.25) is 0 Å². The van der Waals surface area contributed by atoms with Gasteiger partial charge < -0.3 is 15.2 Å². The van der Waals surface area contributed by atoms with Crippen molar-refractivity contribution in [1.82, 2.24) is 9.71 Å². The molecule has 0 aliphatic heterocycles. The standard InChI is InChI=1S/C10H13N3O5S/c14-7-10(3-4-10)6-12-19(17,18)8-1-2-9(11-5-8)13(15)16/h1-2,5,12,14H,3-4,6-7H2. The lowest BCUT2D eigenvalue weighted by Crippen LogP contribution is -2.32. The summed E-state index contributed by atoms with van der Waals surface area (Å²) in [5, 5.41) is 19.5. The fraction of sp³-hybridized carbons (Fsp3) is 0.500. The number of aliphatic hydroxyl groups is 1. The van der Waals surface area contributed by atoms with Crippen LogP contribution < -0.4 is 4.72 Å². The molecule has 9 heteroatoms. The van der Waals surface area contributed by atoms with Crippen LogP contribution in [0.15, 0.2) is 23.2 Å². The highest BCUT2D eigenvalue weighted by molar-refractivity contribution is 7.89. The maximum Gasteiger partial charge on any atom is 0.363 e. The van der Waals surface area contributed by atoms with Gasteiger partial charge in [-0.1, -0.05) is 0 Å². The van der Waals surface area contributed by atoms with Crippen molar-refractivity contribution in [3.63, 3.8) is 0 Å². The number of nitrogens with zero attached hydrogens (tertiary/aromatic N) is 2. The van der Waals surface area contributed by atoms with E-state index in [4.69, 9.17) is 5.11 Å². The Morgan fingerprint density at radius 2 is 2.16 bits per heavy atom. The number of nitro groups is 1. The second kappa shape index (κ2) is 4.83. The Morgan fingerprint density at radius 1 is 1.47 bits per heavy atom. The first-order chi connectivity index (χ1) is 8.88. The van der Waals surface area contributed by atoms with Crippen molar-refractivity contribution < 1.29 is 18.4 Å². The van der Waals surface area contributed by atoms with Gasteiger partial charge in [0, 0.05) is 24.6 Å². The van der Waals surface area contributed by atoms with Gasteiger partial charge in [-0.25, -0.2) is 13.1 Å². The van der Waals surface area contributed by atoms with E-state index in [0.29, 0.717) is 0 Å². The van der Waals surface area contributed by atoms with Gasteiger partial charge in [0.15, 0.2) is 6.20 Å². The zero-order valence-electron chi connectivity index (χ0n) is 9.94. The third-order valence-corrected chi connectivity index (χ3v) is 4.53. The molecule has 1 saturated carbocycles. The van der Waals surface area contributed by atoms with Crippen LogP contribution in [0.25, 0.3) is 0 Å². The molecule has 0 atom stereocenters. The minimum atomic E-state index is -3.75. The summed E-state index contributed by atoms with van der Waals surface area (Å²) in [7, 11) is -3.75. The van der Waals surface area contributed by atoms with Gasteiger partial charge in [-0.3, -0.25) is 0 Å². The molecule has 19 heavy (non-hydrogen) atoms. The maximum absolute atomic E-state index is 11.9. The second-order valence-corrected chi connectivity index (χ2v) is 6.36. The molecule has 0 bridgehead atoms. The van der Waals surface area contributed by atoms with Crippen LogP contribution in [-0.2, 0) is 10.0 Å². The molecule has 0 spiro atoms. The fourth-order valence-corrected chi connectivity index (χ4v) is 2.64. The molecular weight excluding hydrogens is 274 g/mol. The quantitative estimate of drug-likeness (QED) is 0.562. The lowest BCUT2D eigenvalue weighted by atomic mass is 10.1. The average molecular weight is 287 g/mol. The topological polar surface area (TPSA) is 122 Å². The minimum absolute atomic E-state index is 0.0615. The number of rotatable bonds is 6. The lowest BCUT2D eigenvalue weighted by Gasteiger charge is -2.12. The van der Waals surface area contributed by atoms with Crippen LogP contribution in [0.5, 0.6) is 0 Å². The Labute approximate surface area is 109 Å². The zero-order valence-corrected chi connectivity index (χ0v) is 10.8. The number of hydrogen-bond donors (Lipinski definition) is 2. The molecule has 1 fully saturated rings. The summed E-state index contributed by atoms with van der Waals surface area (Å²) in [4.78, 5) is 13.0. The Bertz CT molecular complexity index is 580. The van der Waals surface area contributed by atoms with E-state index in [1.54, 1.807) is 0 Å². The summed E-state index contributed by atoms with van der Waals surface area (Å²) in [6, 6.07) is 2.17. The van der Waals surface area contributed by atoms with Gasteiger partial charge in [0.2, 0.25) is 10.0 Å². The molecule has 104 valence electrons. The highest BCUT2D eigenvalue weighted by Crippen LogP contribution is 2.44. The lowest BCUT2D eigenvalue weighted by molar-refractivity contribution is -0.389. The molecular formula is C10H13N3O5S. The van der Waals surface area contributed by atoms with Crippen molar-refractivity contribution in [2.45, 2.75) is 17.7 Å². The van der Waals surface area contributed by atoms with E-state index < -0.39 is 20.8 Å². The summed E-state index contributed by atoms with van der Waals surface area (Å²) in [5.74, 6) is -0.409. The van der Waals surface area contributed by atoms with Crippen molar-refractivity contribution in [3.05, 3.63) is 28.4 Å². The number of hydrogen-bond acceptors (Lipinski definition) is 6. The first-order valence-corrected chi connectivity index (χ1v) is 7.08. The van der Waals surface area contributed by atoms with Crippen molar-refractivity contribution >= 4 is 15.8 Å². The van der Waals surface area contributed by atoms with Gasteiger partial charge in [0.25, 0.3) is 0 Å². The summed E-state index contributed by atoms with van der Waals surface area (Å²) >= 11 is 0. The molecule has 2 rings (SSSR count). The van der Waals surface area contributed by atoms with Gasteiger partial charge in [-0.05, 0) is 28.8 Å². The average Bonchev–Trinajstić information content (AvgIpc) is 3.17. The zero-order chi connectivity index (χ0) is 14.1. The minimum Gasteiger partial charge on any atom is -0.396 e. The third-order valence-electron chi connectivity index (χ3n) is 3.15. The number of aliphatic hydroxyl groups excluding tert-OH is 1. The van der Waals surface area contributed by atoms with Crippen LogP contribution in [-0.4, -0.2) is 36.6 Å². The number of sulfonamides is 1. The Hall–Kier alpha value is -1.58. The van der Waals surface area contributed by atoms with Crippen LogP contribution in [0.3, 0.4) is 0 Å². The number of nitrogens with one attached hydrogen (secondary N) is 1. The number of pyridine rings is 1. The molecule has 8 nitrogen and oxygen atoms in total. The smallest absolute Gasteiger partial charge is 0.363 e. The van der Waals surface area contributed by atoms with Crippen molar-refractivity contribution in [3.8, 4) is 0 Å². The van der Waals surface area contributed by atoms with Crippen molar-refractivity contribution in [1.29, 1.82) is 0 Å². The molecule has 1 aromatic rings. The normalized spacial score (nSPS) is 17.1. The summed E-state index contributed by atoms with van der Waals surface area (Å²) in [6.45, 7) is 0.0941. The highest BCUT2D eigenvalue weighted by Gasteiger charge is 2.42. The Kier molecular flexibility index (Phi) is 3.52. The first kappa shape index (κ1) is 13.8. The second-order valence-electron chi connectivity index (χ2n) is 4.59. The van der Waals surface area contributed by atoms with Gasteiger partial charge in [0.1, 0.15) is 4.90 Å². The van der Waals surface area contributed by atoms with Gasteiger partial charge in [-0.15, -0.1) is 0 Å². The fourth-order valence-electron chi connectivity index (χ4n) is 1.54. The van der Waals surface area contributed by atoms with Crippen LogP contribution in [0.4, 0.5) is 5.82 Å².